The number of nitrogens with zero attached hydrogens (tertiary/aromatic N) is 1. The van der Waals surface area contributed by atoms with Gasteiger partial charge < -0.3 is 15.4 Å². The lowest BCUT2D eigenvalue weighted by Crippen LogP contribution is -2.47. The van der Waals surface area contributed by atoms with Crippen molar-refractivity contribution < 1.29 is 9.53 Å². The van der Waals surface area contributed by atoms with Crippen LogP contribution in [0.3, 0.4) is 0 Å². The predicted molar refractivity (Wildman–Crippen MR) is 66.5 cm³/mol. The Morgan fingerprint density at radius 1 is 1.29 bits per heavy atom. The van der Waals surface area contributed by atoms with Crippen molar-refractivity contribution in [3.8, 4) is 0 Å². The summed E-state index contributed by atoms with van der Waals surface area (Å²) in [5.41, 5.74) is 5.90. The van der Waals surface area contributed by atoms with Gasteiger partial charge in [0.25, 0.3) is 5.91 Å². The van der Waals surface area contributed by atoms with Gasteiger partial charge in [-0.15, -0.1) is 0 Å². The number of nitrogens with two attached hydrogens (primary N) is 1. The number of ether oxygens (including phenoxy) is 1. The fourth-order valence-electron chi connectivity index (χ4n) is 2.78. The Kier molecular flexibility index (Phi) is 4.40. The largest absolute Gasteiger partial charge is 0.368 e. The minimum absolute atomic E-state index is 0.171. The van der Waals surface area contributed by atoms with Crippen molar-refractivity contribution in [1.82, 2.24) is 4.90 Å². The van der Waals surface area contributed by atoms with E-state index in [4.69, 9.17) is 10.5 Å². The van der Waals surface area contributed by atoms with Crippen LogP contribution in [0.2, 0.25) is 0 Å². The fourth-order valence-corrected chi connectivity index (χ4v) is 2.78. The van der Waals surface area contributed by atoms with Crippen LogP contribution in [0.1, 0.15) is 39.0 Å². The molecular weight excluding hydrogens is 216 g/mol. The van der Waals surface area contributed by atoms with Crippen molar-refractivity contribution in [3.63, 3.8) is 0 Å². The van der Waals surface area contributed by atoms with Crippen LogP contribution in [0.5, 0.6) is 0 Å². The fraction of sp³-hybridized carbons (Fsp3) is 0.923. The maximum absolute atomic E-state index is 12.2. The molecule has 98 valence electrons. The van der Waals surface area contributed by atoms with Gasteiger partial charge >= 0.3 is 0 Å². The molecule has 17 heavy (non-hydrogen) atoms. The van der Waals surface area contributed by atoms with Crippen molar-refractivity contribution in [2.45, 2.75) is 51.2 Å². The second-order valence-corrected chi connectivity index (χ2v) is 5.38. The molecule has 0 spiro atoms. The Hall–Kier alpha value is -0.610. The average Bonchev–Trinajstić information content (AvgIpc) is 2.39. The molecule has 0 aromatic rings. The van der Waals surface area contributed by atoms with Crippen LogP contribution in [0.15, 0.2) is 0 Å². The van der Waals surface area contributed by atoms with E-state index in [2.05, 4.69) is 6.92 Å². The smallest absolute Gasteiger partial charge is 0.251 e. The Morgan fingerprint density at radius 2 is 2.00 bits per heavy atom. The molecular formula is C13H24N2O2. The monoisotopic (exact) mass is 240 g/mol. The lowest BCUT2D eigenvalue weighted by atomic mass is 9.90. The molecule has 2 N–H and O–H groups in total. The molecule has 2 aliphatic rings. The Morgan fingerprint density at radius 3 is 2.53 bits per heavy atom. The number of hydrogen-bond donors (Lipinski definition) is 1. The van der Waals surface area contributed by atoms with Crippen molar-refractivity contribution >= 4 is 5.91 Å². The summed E-state index contributed by atoms with van der Waals surface area (Å²) in [4.78, 5) is 14.2. The third-order valence-electron chi connectivity index (χ3n) is 4.05. The molecule has 0 aliphatic carbocycles. The van der Waals surface area contributed by atoms with E-state index in [1.807, 2.05) is 4.90 Å². The number of likely N-dealkylation sites (tertiary alicyclic amines) is 1. The van der Waals surface area contributed by atoms with Crippen molar-refractivity contribution in [2.75, 3.05) is 19.7 Å². The number of rotatable bonds is 2. The highest BCUT2D eigenvalue weighted by Gasteiger charge is 2.30. The molecule has 2 aliphatic heterocycles. The van der Waals surface area contributed by atoms with Gasteiger partial charge in [-0.25, -0.2) is 0 Å². The van der Waals surface area contributed by atoms with E-state index < -0.39 is 0 Å². The molecule has 0 aromatic heterocycles. The van der Waals surface area contributed by atoms with Crippen LogP contribution in [-0.4, -0.2) is 42.6 Å². The van der Waals surface area contributed by atoms with Crippen LogP contribution < -0.4 is 5.73 Å². The molecule has 2 atom stereocenters. The van der Waals surface area contributed by atoms with Crippen molar-refractivity contribution in [2.24, 2.45) is 11.7 Å². The zero-order chi connectivity index (χ0) is 12.3. The van der Waals surface area contributed by atoms with Crippen LogP contribution in [0, 0.1) is 5.92 Å². The molecule has 0 radical (unpaired) electrons. The van der Waals surface area contributed by atoms with Gasteiger partial charge in [0.1, 0.15) is 6.10 Å². The molecule has 2 rings (SSSR count). The molecule has 0 saturated carbocycles. The topological polar surface area (TPSA) is 55.6 Å². The quantitative estimate of drug-likeness (QED) is 0.787. The van der Waals surface area contributed by atoms with E-state index in [0.29, 0.717) is 5.92 Å². The molecule has 4 heteroatoms. The number of amides is 1. The van der Waals surface area contributed by atoms with Crippen molar-refractivity contribution in [3.05, 3.63) is 0 Å². The maximum Gasteiger partial charge on any atom is 0.251 e. The Balaban J connectivity index is 1.81. The summed E-state index contributed by atoms with van der Waals surface area (Å²) < 4.78 is 5.55. The second-order valence-electron chi connectivity index (χ2n) is 5.38. The predicted octanol–water partition coefficient (Wildman–Crippen LogP) is 1.14. The van der Waals surface area contributed by atoms with Gasteiger partial charge in [-0.3, -0.25) is 4.79 Å². The van der Waals surface area contributed by atoms with E-state index >= 15 is 0 Å². The van der Waals surface area contributed by atoms with E-state index in [9.17, 15) is 4.79 Å². The number of piperidine rings is 1. The first kappa shape index (κ1) is 12.8. The van der Waals surface area contributed by atoms with Gasteiger partial charge in [0.05, 0.1) is 0 Å². The van der Waals surface area contributed by atoms with E-state index in [1.165, 1.54) is 0 Å². The minimum Gasteiger partial charge on any atom is -0.368 e. The Bertz CT molecular complexity index is 254. The van der Waals surface area contributed by atoms with Gasteiger partial charge in [-0.1, -0.05) is 0 Å². The van der Waals surface area contributed by atoms with Gasteiger partial charge in [-0.05, 0) is 44.9 Å². The van der Waals surface area contributed by atoms with Crippen LogP contribution >= 0.6 is 0 Å². The first-order valence-electron chi connectivity index (χ1n) is 6.84. The first-order chi connectivity index (χ1) is 8.18. The highest BCUT2D eigenvalue weighted by Crippen LogP contribution is 2.22. The molecule has 2 unspecified atom stereocenters. The zero-order valence-corrected chi connectivity index (χ0v) is 10.7. The Labute approximate surface area is 103 Å². The SMILES string of the molecule is CC(N)C1CCN(C(=O)C2CCCCO2)CC1. The summed E-state index contributed by atoms with van der Waals surface area (Å²) in [6.07, 6.45) is 5.01. The zero-order valence-electron chi connectivity index (χ0n) is 10.7. The minimum atomic E-state index is -0.171. The number of carbonyl (C=O) groups is 1. The molecule has 2 fully saturated rings. The third-order valence-corrected chi connectivity index (χ3v) is 4.05. The number of carbonyl (C=O) groups excluding carboxylic acids is 1. The highest BCUT2D eigenvalue weighted by atomic mass is 16.5. The molecule has 4 nitrogen and oxygen atoms in total. The second kappa shape index (κ2) is 5.83. The van der Waals surface area contributed by atoms with Gasteiger partial charge in [-0.2, -0.15) is 0 Å². The standard InChI is InChI=1S/C13H24N2O2/c1-10(14)11-5-7-15(8-6-11)13(16)12-4-2-3-9-17-12/h10-12H,2-9,14H2,1H3. The van der Waals surface area contributed by atoms with Gasteiger partial charge in [0, 0.05) is 25.7 Å². The molecule has 2 heterocycles. The molecule has 2 saturated heterocycles. The first-order valence-corrected chi connectivity index (χ1v) is 6.84. The van der Waals surface area contributed by atoms with Crippen LogP contribution in [-0.2, 0) is 9.53 Å². The van der Waals surface area contributed by atoms with Crippen LogP contribution in [0.4, 0.5) is 0 Å². The number of hydrogen-bond acceptors (Lipinski definition) is 3. The highest BCUT2D eigenvalue weighted by molar-refractivity contribution is 5.81. The summed E-state index contributed by atoms with van der Waals surface area (Å²) >= 11 is 0. The van der Waals surface area contributed by atoms with Crippen LogP contribution in [0.25, 0.3) is 0 Å². The molecule has 1 amide bonds. The third kappa shape index (κ3) is 3.19. The van der Waals surface area contributed by atoms with E-state index in [-0.39, 0.29) is 18.1 Å². The normalized spacial score (nSPS) is 29.1. The summed E-state index contributed by atoms with van der Waals surface area (Å²) in [5, 5.41) is 0. The molecule has 0 aromatic carbocycles. The molecule has 0 bridgehead atoms. The average molecular weight is 240 g/mol. The lowest BCUT2D eigenvalue weighted by Gasteiger charge is -2.36. The van der Waals surface area contributed by atoms with E-state index in [1.54, 1.807) is 0 Å². The maximum atomic E-state index is 12.2. The summed E-state index contributed by atoms with van der Waals surface area (Å²) in [6, 6.07) is 0.248. The van der Waals surface area contributed by atoms with Gasteiger partial charge in [0.2, 0.25) is 0 Å². The summed E-state index contributed by atoms with van der Waals surface area (Å²) in [6.45, 7) is 4.51. The summed E-state index contributed by atoms with van der Waals surface area (Å²) in [7, 11) is 0. The lowest BCUT2D eigenvalue weighted by molar-refractivity contribution is -0.148. The van der Waals surface area contributed by atoms with E-state index in [0.717, 1.165) is 51.8 Å². The summed E-state index contributed by atoms with van der Waals surface area (Å²) in [5.74, 6) is 0.777. The van der Waals surface area contributed by atoms with Crippen molar-refractivity contribution in [1.29, 1.82) is 0 Å². The van der Waals surface area contributed by atoms with Gasteiger partial charge in [0.15, 0.2) is 0 Å².